The zero-order valence-corrected chi connectivity index (χ0v) is 12.7. The molecule has 0 saturated carbocycles. The van der Waals surface area contributed by atoms with E-state index in [0.717, 1.165) is 12.4 Å². The molecule has 7 nitrogen and oxygen atoms in total. The van der Waals surface area contributed by atoms with Gasteiger partial charge in [-0.05, 0) is 30.2 Å². The number of sulfonamides is 1. The second-order valence-electron chi connectivity index (χ2n) is 5.06. The summed E-state index contributed by atoms with van der Waals surface area (Å²) in [5.41, 5.74) is 0. The van der Waals surface area contributed by atoms with Gasteiger partial charge in [0.2, 0.25) is 10.0 Å². The van der Waals surface area contributed by atoms with Crippen LogP contribution in [0, 0.1) is 5.92 Å². The van der Waals surface area contributed by atoms with Crippen molar-refractivity contribution in [3.05, 3.63) is 36.4 Å². The first-order valence-corrected chi connectivity index (χ1v) is 8.03. The number of nitrogens with zero attached hydrogens (tertiary/aromatic N) is 3. The van der Waals surface area contributed by atoms with Crippen molar-refractivity contribution in [1.29, 1.82) is 0 Å². The fourth-order valence-corrected chi connectivity index (χ4v) is 2.29. The summed E-state index contributed by atoms with van der Waals surface area (Å²) < 4.78 is 29.7. The van der Waals surface area contributed by atoms with E-state index in [1.807, 2.05) is 0 Å². The maximum absolute atomic E-state index is 11.2. The van der Waals surface area contributed by atoms with Crippen molar-refractivity contribution < 1.29 is 13.2 Å². The maximum Gasteiger partial charge on any atom is 0.238 e. The summed E-state index contributed by atoms with van der Waals surface area (Å²) >= 11 is 0. The Kier molecular flexibility index (Phi) is 4.59. The maximum atomic E-state index is 11.2. The van der Waals surface area contributed by atoms with Crippen LogP contribution < -0.4 is 9.88 Å². The molecule has 2 aromatic rings. The lowest BCUT2D eigenvalue weighted by atomic mass is 10.2. The largest absolute Gasteiger partial charge is 0.486 e. The highest BCUT2D eigenvalue weighted by atomic mass is 32.2. The van der Waals surface area contributed by atoms with Crippen LogP contribution in [-0.2, 0) is 23.2 Å². The lowest BCUT2D eigenvalue weighted by Crippen LogP contribution is -2.13. The molecule has 0 amide bonds. The van der Waals surface area contributed by atoms with E-state index in [1.165, 1.54) is 18.5 Å². The van der Waals surface area contributed by atoms with E-state index >= 15 is 0 Å². The lowest BCUT2D eigenvalue weighted by molar-refractivity contribution is 0.282. The minimum Gasteiger partial charge on any atom is -0.486 e. The molecule has 0 aliphatic rings. The van der Waals surface area contributed by atoms with Gasteiger partial charge in [0.05, 0.1) is 4.90 Å². The molecule has 0 bridgehead atoms. The molecule has 114 valence electrons. The Hall–Kier alpha value is -1.93. The van der Waals surface area contributed by atoms with Crippen molar-refractivity contribution >= 4 is 10.0 Å². The topological polar surface area (TPSA) is 100 Å². The Morgan fingerprint density at radius 1 is 1.29 bits per heavy atom. The van der Waals surface area contributed by atoms with E-state index in [4.69, 9.17) is 9.88 Å². The summed E-state index contributed by atoms with van der Waals surface area (Å²) in [7, 11) is -3.68. The van der Waals surface area contributed by atoms with Gasteiger partial charge in [-0.3, -0.25) is 0 Å². The number of aromatic nitrogens is 3. The fourth-order valence-electron chi connectivity index (χ4n) is 1.77. The van der Waals surface area contributed by atoms with Gasteiger partial charge in [0.15, 0.2) is 5.82 Å². The molecule has 0 saturated heterocycles. The Bertz CT molecular complexity index is 692. The van der Waals surface area contributed by atoms with Crippen molar-refractivity contribution in [3.63, 3.8) is 0 Å². The molecule has 2 N–H and O–H groups in total. The van der Waals surface area contributed by atoms with Crippen molar-refractivity contribution in [3.8, 4) is 5.75 Å². The van der Waals surface area contributed by atoms with Crippen LogP contribution >= 0.6 is 0 Å². The number of nitrogens with two attached hydrogens (primary N) is 1. The van der Waals surface area contributed by atoms with Gasteiger partial charge in [0.1, 0.15) is 18.7 Å². The fraction of sp³-hybridized carbons (Fsp3) is 0.385. The summed E-state index contributed by atoms with van der Waals surface area (Å²) in [4.78, 5) is 4.21. The SMILES string of the molecule is CC(C)Cn1ncnc1COc1ccc(S(N)(=O)=O)cc1. The molecule has 8 heteroatoms. The third-order valence-electron chi connectivity index (χ3n) is 2.75. The van der Waals surface area contributed by atoms with Gasteiger partial charge in [-0.2, -0.15) is 5.10 Å². The van der Waals surface area contributed by atoms with Crippen molar-refractivity contribution in [1.82, 2.24) is 14.8 Å². The highest BCUT2D eigenvalue weighted by molar-refractivity contribution is 7.89. The van der Waals surface area contributed by atoms with Crippen LogP contribution in [0.2, 0.25) is 0 Å². The monoisotopic (exact) mass is 310 g/mol. The van der Waals surface area contributed by atoms with Gasteiger partial charge in [-0.25, -0.2) is 23.2 Å². The summed E-state index contributed by atoms with van der Waals surface area (Å²) in [6.45, 7) is 5.22. The first-order valence-electron chi connectivity index (χ1n) is 6.48. The number of hydrogen-bond donors (Lipinski definition) is 1. The first kappa shape index (κ1) is 15.5. The van der Waals surface area contributed by atoms with E-state index < -0.39 is 10.0 Å². The predicted octanol–water partition coefficient (Wildman–Crippen LogP) is 1.16. The van der Waals surface area contributed by atoms with Crippen LogP contribution in [0.3, 0.4) is 0 Å². The molecule has 0 aliphatic carbocycles. The number of rotatable bonds is 6. The molecule has 0 atom stereocenters. The third-order valence-corrected chi connectivity index (χ3v) is 3.68. The molecule has 0 fully saturated rings. The summed E-state index contributed by atoms with van der Waals surface area (Å²) in [6, 6.07) is 5.93. The number of primary sulfonamides is 1. The zero-order valence-electron chi connectivity index (χ0n) is 11.9. The Morgan fingerprint density at radius 3 is 2.52 bits per heavy atom. The van der Waals surface area contributed by atoms with Crippen LogP contribution in [0.4, 0.5) is 0 Å². The first-order chi connectivity index (χ1) is 9.86. The van der Waals surface area contributed by atoms with Crippen LogP contribution in [-0.4, -0.2) is 23.2 Å². The molecule has 0 spiro atoms. The molecule has 1 aromatic heterocycles. The molecule has 2 rings (SSSR count). The Morgan fingerprint density at radius 2 is 1.95 bits per heavy atom. The van der Waals surface area contributed by atoms with Gasteiger partial charge in [0, 0.05) is 6.54 Å². The van der Waals surface area contributed by atoms with Crippen LogP contribution in [0.25, 0.3) is 0 Å². The second-order valence-corrected chi connectivity index (χ2v) is 6.62. The van der Waals surface area contributed by atoms with E-state index in [-0.39, 0.29) is 11.5 Å². The molecule has 1 heterocycles. The van der Waals surface area contributed by atoms with Crippen molar-refractivity contribution in [2.75, 3.05) is 0 Å². The van der Waals surface area contributed by atoms with Crippen molar-refractivity contribution in [2.45, 2.75) is 31.9 Å². The number of ether oxygens (including phenoxy) is 1. The van der Waals surface area contributed by atoms with Gasteiger partial charge in [-0.1, -0.05) is 13.8 Å². The molecule has 0 aliphatic heterocycles. The summed E-state index contributed by atoms with van der Waals surface area (Å²) in [6.07, 6.45) is 1.49. The molecule has 21 heavy (non-hydrogen) atoms. The zero-order chi connectivity index (χ0) is 15.5. The van der Waals surface area contributed by atoms with E-state index in [1.54, 1.807) is 16.8 Å². The normalized spacial score (nSPS) is 11.8. The van der Waals surface area contributed by atoms with Gasteiger partial charge in [0.25, 0.3) is 0 Å². The molecular weight excluding hydrogens is 292 g/mol. The number of hydrogen-bond acceptors (Lipinski definition) is 5. The predicted molar refractivity (Wildman–Crippen MR) is 77.0 cm³/mol. The van der Waals surface area contributed by atoms with Gasteiger partial charge < -0.3 is 4.74 Å². The Balaban J connectivity index is 2.02. The average molecular weight is 310 g/mol. The van der Waals surface area contributed by atoms with E-state index in [0.29, 0.717) is 11.7 Å². The molecule has 0 unspecified atom stereocenters. The van der Waals surface area contributed by atoms with E-state index in [2.05, 4.69) is 23.9 Å². The highest BCUT2D eigenvalue weighted by Crippen LogP contribution is 2.16. The van der Waals surface area contributed by atoms with Gasteiger partial charge in [-0.15, -0.1) is 0 Å². The van der Waals surface area contributed by atoms with Crippen molar-refractivity contribution in [2.24, 2.45) is 11.1 Å². The Labute approximate surface area is 123 Å². The molecular formula is C13H18N4O3S. The standard InChI is InChI=1S/C13H18N4O3S/c1-10(2)7-17-13(15-9-16-17)8-20-11-3-5-12(6-4-11)21(14,18)19/h3-6,9-10H,7-8H2,1-2H3,(H2,14,18,19). The smallest absolute Gasteiger partial charge is 0.238 e. The quantitative estimate of drug-likeness (QED) is 0.863. The second kappa shape index (κ2) is 6.23. The van der Waals surface area contributed by atoms with Crippen LogP contribution in [0.15, 0.2) is 35.5 Å². The lowest BCUT2D eigenvalue weighted by Gasteiger charge is -2.10. The third kappa shape index (κ3) is 4.27. The van der Waals surface area contributed by atoms with Crippen LogP contribution in [0.5, 0.6) is 5.75 Å². The highest BCUT2D eigenvalue weighted by Gasteiger charge is 2.09. The molecule has 1 aromatic carbocycles. The summed E-state index contributed by atoms with van der Waals surface area (Å²) in [5.74, 6) is 1.72. The average Bonchev–Trinajstić information content (AvgIpc) is 2.82. The van der Waals surface area contributed by atoms with E-state index in [9.17, 15) is 8.42 Å². The van der Waals surface area contributed by atoms with Crippen LogP contribution in [0.1, 0.15) is 19.7 Å². The minimum atomic E-state index is -3.68. The molecule has 0 radical (unpaired) electrons. The summed E-state index contributed by atoms with van der Waals surface area (Å²) in [5, 5.41) is 9.18. The number of benzene rings is 1. The minimum absolute atomic E-state index is 0.0535. The van der Waals surface area contributed by atoms with Gasteiger partial charge >= 0.3 is 0 Å².